The lowest BCUT2D eigenvalue weighted by Crippen LogP contribution is -2.45. The Kier molecular flexibility index (Phi) is 5.35. The van der Waals surface area contributed by atoms with Crippen molar-refractivity contribution in [2.75, 3.05) is 25.0 Å². The Balaban J connectivity index is 2.19. The van der Waals surface area contributed by atoms with E-state index in [1.807, 2.05) is 0 Å². The summed E-state index contributed by atoms with van der Waals surface area (Å²) in [7, 11) is 0. The van der Waals surface area contributed by atoms with Gasteiger partial charge in [-0.1, -0.05) is 6.92 Å². The van der Waals surface area contributed by atoms with Crippen LogP contribution < -0.4 is 5.32 Å². The SMILES string of the molecule is CCCNc1ncccc1C(=O)N1CCCCC1CO. The summed E-state index contributed by atoms with van der Waals surface area (Å²) in [6, 6.07) is 3.52. The molecule has 0 saturated carbocycles. The van der Waals surface area contributed by atoms with Crippen molar-refractivity contribution < 1.29 is 9.90 Å². The maximum atomic E-state index is 12.7. The first-order chi connectivity index (χ1) is 9.77. The zero-order valence-corrected chi connectivity index (χ0v) is 12.0. The summed E-state index contributed by atoms with van der Waals surface area (Å²) in [5.74, 6) is 0.608. The van der Waals surface area contributed by atoms with E-state index in [4.69, 9.17) is 0 Å². The zero-order valence-electron chi connectivity index (χ0n) is 12.0. The predicted molar refractivity (Wildman–Crippen MR) is 78.8 cm³/mol. The fraction of sp³-hybridized carbons (Fsp3) is 0.600. The molecule has 0 spiro atoms. The first-order valence-corrected chi connectivity index (χ1v) is 7.38. The van der Waals surface area contributed by atoms with Crippen LogP contribution in [0, 0.1) is 0 Å². The first-order valence-electron chi connectivity index (χ1n) is 7.38. The summed E-state index contributed by atoms with van der Waals surface area (Å²) in [6.45, 7) is 3.61. The van der Waals surface area contributed by atoms with Crippen molar-refractivity contribution >= 4 is 11.7 Å². The normalized spacial score (nSPS) is 18.9. The second-order valence-corrected chi connectivity index (χ2v) is 5.16. The van der Waals surface area contributed by atoms with E-state index in [2.05, 4.69) is 17.2 Å². The Hall–Kier alpha value is -1.62. The van der Waals surface area contributed by atoms with Crippen molar-refractivity contribution in [3.8, 4) is 0 Å². The van der Waals surface area contributed by atoms with Gasteiger partial charge in [0, 0.05) is 19.3 Å². The molecular weight excluding hydrogens is 254 g/mol. The molecule has 110 valence electrons. The van der Waals surface area contributed by atoms with Crippen LogP contribution in [-0.4, -0.2) is 46.6 Å². The molecule has 1 unspecified atom stereocenters. The number of aromatic nitrogens is 1. The van der Waals surface area contributed by atoms with Crippen LogP contribution >= 0.6 is 0 Å². The van der Waals surface area contributed by atoms with Gasteiger partial charge in [0.15, 0.2) is 0 Å². The topological polar surface area (TPSA) is 65.5 Å². The van der Waals surface area contributed by atoms with Crippen LogP contribution in [0.25, 0.3) is 0 Å². The third-order valence-electron chi connectivity index (χ3n) is 3.68. The second-order valence-electron chi connectivity index (χ2n) is 5.16. The molecule has 1 fully saturated rings. The molecule has 2 N–H and O–H groups in total. The molecule has 1 aliphatic heterocycles. The molecule has 1 amide bonds. The van der Waals surface area contributed by atoms with Crippen molar-refractivity contribution in [2.24, 2.45) is 0 Å². The number of nitrogens with zero attached hydrogens (tertiary/aromatic N) is 2. The van der Waals surface area contributed by atoms with Crippen LogP contribution in [0.5, 0.6) is 0 Å². The van der Waals surface area contributed by atoms with Gasteiger partial charge in [0.2, 0.25) is 0 Å². The van der Waals surface area contributed by atoms with Crippen molar-refractivity contribution in [3.05, 3.63) is 23.9 Å². The average molecular weight is 277 g/mol. The van der Waals surface area contributed by atoms with Crippen LogP contribution in [0.3, 0.4) is 0 Å². The number of aliphatic hydroxyl groups excluding tert-OH is 1. The standard InChI is InChI=1S/C15H23N3O2/c1-2-8-16-14-13(7-5-9-17-14)15(20)18-10-4-3-6-12(18)11-19/h5,7,9,12,19H,2-4,6,8,10-11H2,1H3,(H,16,17). The molecule has 2 heterocycles. The molecule has 1 atom stereocenters. The van der Waals surface area contributed by atoms with E-state index in [0.717, 1.165) is 32.2 Å². The van der Waals surface area contributed by atoms with E-state index in [1.165, 1.54) is 0 Å². The first kappa shape index (κ1) is 14.8. The van der Waals surface area contributed by atoms with Crippen molar-refractivity contribution in [3.63, 3.8) is 0 Å². The van der Waals surface area contributed by atoms with E-state index in [-0.39, 0.29) is 18.6 Å². The molecule has 20 heavy (non-hydrogen) atoms. The number of anilines is 1. The number of hydrogen-bond acceptors (Lipinski definition) is 4. The van der Waals surface area contributed by atoms with E-state index in [0.29, 0.717) is 17.9 Å². The number of amides is 1. The number of aliphatic hydroxyl groups is 1. The number of rotatable bonds is 5. The van der Waals surface area contributed by atoms with Crippen molar-refractivity contribution in [1.82, 2.24) is 9.88 Å². The molecule has 0 bridgehead atoms. The second kappa shape index (κ2) is 7.24. The van der Waals surface area contributed by atoms with Crippen LogP contribution in [0.15, 0.2) is 18.3 Å². The molecule has 1 saturated heterocycles. The molecule has 5 heteroatoms. The monoisotopic (exact) mass is 277 g/mol. The summed E-state index contributed by atoms with van der Waals surface area (Å²) in [5.41, 5.74) is 0.598. The number of likely N-dealkylation sites (tertiary alicyclic amines) is 1. The number of nitrogens with one attached hydrogen (secondary N) is 1. The molecule has 0 radical (unpaired) electrons. The molecule has 1 aromatic heterocycles. The fourth-order valence-corrected chi connectivity index (χ4v) is 2.57. The molecule has 1 aliphatic rings. The van der Waals surface area contributed by atoms with Gasteiger partial charge in [0.1, 0.15) is 5.82 Å². The quantitative estimate of drug-likeness (QED) is 0.862. The third kappa shape index (κ3) is 3.28. The highest BCUT2D eigenvalue weighted by atomic mass is 16.3. The number of carbonyl (C=O) groups excluding carboxylic acids is 1. The molecular formula is C15H23N3O2. The largest absolute Gasteiger partial charge is 0.394 e. The van der Waals surface area contributed by atoms with Crippen LogP contribution in [-0.2, 0) is 0 Å². The lowest BCUT2D eigenvalue weighted by atomic mass is 10.0. The fourth-order valence-electron chi connectivity index (χ4n) is 2.57. The number of pyridine rings is 1. The molecule has 0 aromatic carbocycles. The molecule has 2 rings (SSSR count). The van der Waals surface area contributed by atoms with E-state index >= 15 is 0 Å². The number of piperidine rings is 1. The van der Waals surface area contributed by atoms with Gasteiger partial charge in [0.05, 0.1) is 18.2 Å². The minimum atomic E-state index is -0.0597. The Morgan fingerprint density at radius 3 is 3.15 bits per heavy atom. The minimum Gasteiger partial charge on any atom is -0.394 e. The van der Waals surface area contributed by atoms with Crippen molar-refractivity contribution in [1.29, 1.82) is 0 Å². The lowest BCUT2D eigenvalue weighted by molar-refractivity contribution is 0.0503. The molecule has 1 aromatic rings. The van der Waals surface area contributed by atoms with Gasteiger partial charge in [-0.2, -0.15) is 0 Å². The van der Waals surface area contributed by atoms with Gasteiger partial charge in [-0.05, 0) is 37.8 Å². The Morgan fingerprint density at radius 1 is 1.55 bits per heavy atom. The van der Waals surface area contributed by atoms with E-state index < -0.39 is 0 Å². The van der Waals surface area contributed by atoms with E-state index in [9.17, 15) is 9.90 Å². The smallest absolute Gasteiger partial charge is 0.257 e. The highest BCUT2D eigenvalue weighted by molar-refractivity contribution is 5.99. The lowest BCUT2D eigenvalue weighted by Gasteiger charge is -2.35. The van der Waals surface area contributed by atoms with Crippen molar-refractivity contribution in [2.45, 2.75) is 38.6 Å². The highest BCUT2D eigenvalue weighted by Gasteiger charge is 2.28. The van der Waals surface area contributed by atoms with Crippen LogP contribution in [0.1, 0.15) is 43.0 Å². The Bertz CT molecular complexity index is 450. The maximum Gasteiger partial charge on any atom is 0.257 e. The number of carbonyl (C=O) groups is 1. The summed E-state index contributed by atoms with van der Waals surface area (Å²) in [5, 5.41) is 12.6. The van der Waals surface area contributed by atoms with Gasteiger partial charge in [-0.3, -0.25) is 4.79 Å². The van der Waals surface area contributed by atoms with Crippen LogP contribution in [0.4, 0.5) is 5.82 Å². The minimum absolute atomic E-state index is 0.0315. The average Bonchev–Trinajstić information content (AvgIpc) is 2.52. The summed E-state index contributed by atoms with van der Waals surface area (Å²) >= 11 is 0. The Morgan fingerprint density at radius 2 is 2.40 bits per heavy atom. The predicted octanol–water partition coefficient (Wildman–Crippen LogP) is 1.89. The van der Waals surface area contributed by atoms with E-state index in [1.54, 1.807) is 23.2 Å². The van der Waals surface area contributed by atoms with Gasteiger partial charge < -0.3 is 15.3 Å². The molecule has 5 nitrogen and oxygen atoms in total. The van der Waals surface area contributed by atoms with Crippen LogP contribution in [0.2, 0.25) is 0 Å². The van der Waals surface area contributed by atoms with Gasteiger partial charge >= 0.3 is 0 Å². The number of hydrogen-bond donors (Lipinski definition) is 2. The summed E-state index contributed by atoms with van der Waals surface area (Å²) in [6.07, 6.45) is 5.62. The summed E-state index contributed by atoms with van der Waals surface area (Å²) < 4.78 is 0. The molecule has 0 aliphatic carbocycles. The highest BCUT2D eigenvalue weighted by Crippen LogP contribution is 2.22. The van der Waals surface area contributed by atoms with Gasteiger partial charge in [-0.15, -0.1) is 0 Å². The third-order valence-corrected chi connectivity index (χ3v) is 3.68. The Labute approximate surface area is 120 Å². The van der Waals surface area contributed by atoms with Gasteiger partial charge in [-0.25, -0.2) is 4.98 Å². The zero-order chi connectivity index (χ0) is 14.4. The maximum absolute atomic E-state index is 12.7. The summed E-state index contributed by atoms with van der Waals surface area (Å²) in [4.78, 5) is 18.7. The van der Waals surface area contributed by atoms with Gasteiger partial charge in [0.25, 0.3) is 5.91 Å².